The summed E-state index contributed by atoms with van der Waals surface area (Å²) in [4.78, 5) is 25.2. The Morgan fingerprint density at radius 1 is 1.43 bits per heavy atom. The molecule has 21 heavy (non-hydrogen) atoms. The Balaban J connectivity index is 2.12. The molecule has 1 atom stereocenters. The first-order valence-corrected chi connectivity index (χ1v) is 7.25. The standard InChI is InChI=1S/C16H22N2O3/c1-4-12-7-5-6-11(2)13(12)17-15(21)18-9-8-16(3,10-18)14(19)20/h5-7H,4,8-10H2,1-3H3,(H,17,21)(H,19,20). The van der Waals surface area contributed by atoms with Gasteiger partial charge in [-0.25, -0.2) is 4.79 Å². The third-order valence-electron chi connectivity index (χ3n) is 4.25. The van der Waals surface area contributed by atoms with Gasteiger partial charge < -0.3 is 15.3 Å². The van der Waals surface area contributed by atoms with Gasteiger partial charge >= 0.3 is 12.0 Å². The molecule has 0 saturated carbocycles. The van der Waals surface area contributed by atoms with E-state index >= 15 is 0 Å². The molecule has 1 aromatic rings. The Labute approximate surface area is 125 Å². The summed E-state index contributed by atoms with van der Waals surface area (Å²) < 4.78 is 0. The molecule has 0 bridgehead atoms. The maximum Gasteiger partial charge on any atom is 0.321 e. The molecule has 0 radical (unpaired) electrons. The van der Waals surface area contributed by atoms with E-state index in [4.69, 9.17) is 0 Å². The van der Waals surface area contributed by atoms with Gasteiger partial charge in [0.25, 0.3) is 0 Å². The number of hydrogen-bond donors (Lipinski definition) is 2. The van der Waals surface area contributed by atoms with Crippen LogP contribution in [0.15, 0.2) is 18.2 Å². The van der Waals surface area contributed by atoms with Crippen LogP contribution in [0.25, 0.3) is 0 Å². The lowest BCUT2D eigenvalue weighted by atomic mass is 9.90. The highest BCUT2D eigenvalue weighted by Gasteiger charge is 2.42. The summed E-state index contributed by atoms with van der Waals surface area (Å²) in [6, 6.07) is 5.71. The van der Waals surface area contributed by atoms with Gasteiger partial charge in [0.2, 0.25) is 0 Å². The van der Waals surface area contributed by atoms with E-state index in [1.807, 2.05) is 32.0 Å². The number of urea groups is 1. The van der Waals surface area contributed by atoms with Crippen LogP contribution in [0.2, 0.25) is 0 Å². The lowest BCUT2D eigenvalue weighted by molar-refractivity contribution is -0.146. The van der Waals surface area contributed by atoms with Gasteiger partial charge in [0.1, 0.15) is 0 Å². The minimum atomic E-state index is -0.845. The molecule has 1 fully saturated rings. The topological polar surface area (TPSA) is 69.6 Å². The molecule has 1 unspecified atom stereocenters. The summed E-state index contributed by atoms with van der Waals surface area (Å²) >= 11 is 0. The first-order valence-electron chi connectivity index (χ1n) is 7.25. The van der Waals surface area contributed by atoms with Crippen LogP contribution in [0.5, 0.6) is 0 Å². The molecular formula is C16H22N2O3. The lowest BCUT2D eigenvalue weighted by Gasteiger charge is -2.22. The van der Waals surface area contributed by atoms with Crippen molar-refractivity contribution in [2.75, 3.05) is 18.4 Å². The molecule has 0 spiro atoms. The van der Waals surface area contributed by atoms with Crippen molar-refractivity contribution in [2.24, 2.45) is 5.41 Å². The molecule has 114 valence electrons. The number of para-hydroxylation sites is 1. The van der Waals surface area contributed by atoms with Crippen LogP contribution in [-0.4, -0.2) is 35.1 Å². The fraction of sp³-hybridized carbons (Fsp3) is 0.500. The number of anilines is 1. The zero-order chi connectivity index (χ0) is 15.6. The van der Waals surface area contributed by atoms with E-state index in [9.17, 15) is 14.7 Å². The Hall–Kier alpha value is -2.04. The van der Waals surface area contributed by atoms with E-state index in [-0.39, 0.29) is 12.6 Å². The number of aliphatic carboxylic acids is 1. The van der Waals surface area contributed by atoms with Crippen molar-refractivity contribution in [3.8, 4) is 0 Å². The van der Waals surface area contributed by atoms with Crippen molar-refractivity contribution in [1.82, 2.24) is 4.90 Å². The number of carbonyl (C=O) groups excluding carboxylic acids is 1. The molecule has 1 heterocycles. The second-order valence-corrected chi connectivity index (χ2v) is 5.93. The Morgan fingerprint density at radius 3 is 2.71 bits per heavy atom. The number of aryl methyl sites for hydroxylation is 2. The van der Waals surface area contributed by atoms with Crippen LogP contribution < -0.4 is 5.32 Å². The molecular weight excluding hydrogens is 268 g/mol. The largest absolute Gasteiger partial charge is 0.481 e. The number of carbonyl (C=O) groups is 2. The van der Waals surface area contributed by atoms with Crippen molar-refractivity contribution < 1.29 is 14.7 Å². The van der Waals surface area contributed by atoms with E-state index in [0.717, 1.165) is 23.2 Å². The highest BCUT2D eigenvalue weighted by atomic mass is 16.4. The molecule has 1 aliphatic rings. The zero-order valence-electron chi connectivity index (χ0n) is 12.8. The molecule has 5 heteroatoms. The van der Waals surface area contributed by atoms with E-state index < -0.39 is 11.4 Å². The monoisotopic (exact) mass is 290 g/mol. The Kier molecular flexibility index (Phi) is 4.21. The average molecular weight is 290 g/mol. The summed E-state index contributed by atoms with van der Waals surface area (Å²) in [6.45, 7) is 6.42. The van der Waals surface area contributed by atoms with Crippen LogP contribution in [0.4, 0.5) is 10.5 Å². The number of carboxylic acid groups (broad SMARTS) is 1. The van der Waals surface area contributed by atoms with E-state index in [0.29, 0.717) is 13.0 Å². The van der Waals surface area contributed by atoms with Gasteiger partial charge in [0.05, 0.1) is 5.41 Å². The van der Waals surface area contributed by atoms with Gasteiger partial charge in [0, 0.05) is 18.8 Å². The maximum absolute atomic E-state index is 12.4. The van der Waals surface area contributed by atoms with E-state index in [1.165, 1.54) is 0 Å². The third-order valence-corrected chi connectivity index (χ3v) is 4.25. The van der Waals surface area contributed by atoms with Crippen LogP contribution in [0.3, 0.4) is 0 Å². The van der Waals surface area contributed by atoms with E-state index in [2.05, 4.69) is 5.32 Å². The number of amides is 2. The second kappa shape index (κ2) is 5.76. The molecule has 1 saturated heterocycles. The molecule has 2 rings (SSSR count). The summed E-state index contributed by atoms with van der Waals surface area (Å²) in [5.41, 5.74) is 2.11. The molecule has 0 aromatic heterocycles. The fourth-order valence-electron chi connectivity index (χ4n) is 2.70. The first kappa shape index (κ1) is 15.4. The Bertz CT molecular complexity index is 571. The van der Waals surface area contributed by atoms with Crippen molar-refractivity contribution in [1.29, 1.82) is 0 Å². The number of nitrogens with one attached hydrogen (secondary N) is 1. The van der Waals surface area contributed by atoms with Gasteiger partial charge in [0.15, 0.2) is 0 Å². The number of nitrogens with zero attached hydrogens (tertiary/aromatic N) is 1. The minimum Gasteiger partial charge on any atom is -0.481 e. The SMILES string of the molecule is CCc1cccc(C)c1NC(=O)N1CCC(C)(C(=O)O)C1. The van der Waals surface area contributed by atoms with Gasteiger partial charge in [-0.05, 0) is 37.8 Å². The number of carboxylic acids is 1. The molecule has 1 aliphatic heterocycles. The van der Waals surface area contributed by atoms with Crippen LogP contribution in [0, 0.1) is 12.3 Å². The number of hydrogen-bond acceptors (Lipinski definition) is 2. The van der Waals surface area contributed by atoms with E-state index in [1.54, 1.807) is 11.8 Å². The van der Waals surface area contributed by atoms with Crippen molar-refractivity contribution in [3.05, 3.63) is 29.3 Å². The summed E-state index contributed by atoms with van der Waals surface area (Å²) in [5, 5.41) is 12.2. The smallest absolute Gasteiger partial charge is 0.321 e. The molecule has 0 aliphatic carbocycles. The van der Waals surface area contributed by atoms with Crippen molar-refractivity contribution in [3.63, 3.8) is 0 Å². The highest BCUT2D eigenvalue weighted by Crippen LogP contribution is 2.31. The number of rotatable bonds is 3. The molecule has 5 nitrogen and oxygen atoms in total. The van der Waals surface area contributed by atoms with Crippen molar-refractivity contribution in [2.45, 2.75) is 33.6 Å². The second-order valence-electron chi connectivity index (χ2n) is 5.93. The van der Waals surface area contributed by atoms with Crippen LogP contribution >= 0.6 is 0 Å². The molecule has 1 aromatic carbocycles. The number of benzene rings is 1. The predicted octanol–water partition coefficient (Wildman–Crippen LogP) is 2.89. The van der Waals surface area contributed by atoms with Crippen molar-refractivity contribution >= 4 is 17.7 Å². The zero-order valence-corrected chi connectivity index (χ0v) is 12.8. The summed E-state index contributed by atoms with van der Waals surface area (Å²) in [5.74, 6) is -0.845. The molecule has 2 amide bonds. The highest BCUT2D eigenvalue weighted by molar-refractivity contribution is 5.92. The summed E-state index contributed by atoms with van der Waals surface area (Å²) in [7, 11) is 0. The van der Waals surface area contributed by atoms with Gasteiger partial charge in [-0.3, -0.25) is 4.79 Å². The van der Waals surface area contributed by atoms with Crippen LogP contribution in [0.1, 0.15) is 31.4 Å². The number of likely N-dealkylation sites (tertiary alicyclic amines) is 1. The average Bonchev–Trinajstić information content (AvgIpc) is 2.85. The normalized spacial score (nSPS) is 21.4. The quantitative estimate of drug-likeness (QED) is 0.899. The van der Waals surface area contributed by atoms with Crippen LogP contribution in [-0.2, 0) is 11.2 Å². The lowest BCUT2D eigenvalue weighted by Crippen LogP contribution is -2.37. The minimum absolute atomic E-state index is 0.219. The fourth-order valence-corrected chi connectivity index (χ4v) is 2.70. The van der Waals surface area contributed by atoms with Gasteiger partial charge in [-0.2, -0.15) is 0 Å². The third kappa shape index (κ3) is 3.01. The first-order chi connectivity index (χ1) is 9.87. The van der Waals surface area contributed by atoms with Gasteiger partial charge in [-0.1, -0.05) is 25.1 Å². The molecule has 2 N–H and O–H groups in total. The predicted molar refractivity (Wildman–Crippen MR) is 81.5 cm³/mol. The maximum atomic E-state index is 12.4. The summed E-state index contributed by atoms with van der Waals surface area (Å²) in [6.07, 6.45) is 1.33. The van der Waals surface area contributed by atoms with Gasteiger partial charge in [-0.15, -0.1) is 0 Å². The Morgan fingerprint density at radius 2 is 2.14 bits per heavy atom.